The monoisotopic (exact) mass is 298 g/mol. The second kappa shape index (κ2) is 5.41. The zero-order chi connectivity index (χ0) is 14.9. The second-order valence-electron chi connectivity index (χ2n) is 4.88. The molecule has 1 amide bonds. The van der Waals surface area contributed by atoms with Gasteiger partial charge in [0.1, 0.15) is 5.75 Å². The molecule has 1 aliphatic rings. The molecule has 0 fully saturated rings. The fourth-order valence-electron chi connectivity index (χ4n) is 1.92. The average molecular weight is 298 g/mol. The number of hydrogen-bond acceptors (Lipinski definition) is 4. The Labute approximate surface area is 118 Å². The van der Waals surface area contributed by atoms with Gasteiger partial charge >= 0.3 is 0 Å². The number of sulfonamides is 1. The topological polar surface area (TPSA) is 84.5 Å². The van der Waals surface area contributed by atoms with E-state index in [0.29, 0.717) is 23.4 Å². The van der Waals surface area contributed by atoms with Gasteiger partial charge in [0.05, 0.1) is 10.6 Å². The van der Waals surface area contributed by atoms with Gasteiger partial charge in [-0.1, -0.05) is 6.92 Å². The molecule has 0 aromatic heterocycles. The summed E-state index contributed by atoms with van der Waals surface area (Å²) in [7, 11) is -3.59. The van der Waals surface area contributed by atoms with E-state index in [4.69, 9.17) is 4.74 Å². The van der Waals surface area contributed by atoms with E-state index in [0.717, 1.165) is 0 Å². The Hall–Kier alpha value is -1.60. The van der Waals surface area contributed by atoms with Gasteiger partial charge < -0.3 is 10.1 Å². The van der Waals surface area contributed by atoms with Crippen LogP contribution in [-0.4, -0.2) is 27.0 Å². The van der Waals surface area contributed by atoms with Gasteiger partial charge in [0.2, 0.25) is 10.0 Å². The first-order valence-electron chi connectivity index (χ1n) is 6.43. The van der Waals surface area contributed by atoms with Crippen molar-refractivity contribution in [2.75, 3.05) is 11.9 Å². The molecule has 1 atom stereocenters. The van der Waals surface area contributed by atoms with Gasteiger partial charge in [-0.15, -0.1) is 0 Å². The van der Waals surface area contributed by atoms with Gasteiger partial charge in [-0.3, -0.25) is 4.79 Å². The van der Waals surface area contributed by atoms with Crippen molar-refractivity contribution >= 4 is 21.6 Å². The largest absolute Gasteiger partial charge is 0.482 e. The highest BCUT2D eigenvalue weighted by Gasteiger charge is 2.24. The number of nitrogens with one attached hydrogen (secondary N) is 2. The first kappa shape index (κ1) is 14.8. The Morgan fingerprint density at radius 1 is 1.45 bits per heavy atom. The molecule has 1 aliphatic heterocycles. The number of ether oxygens (including phenoxy) is 1. The van der Waals surface area contributed by atoms with Crippen LogP contribution in [0.4, 0.5) is 5.69 Å². The molecule has 1 heterocycles. The second-order valence-corrected chi connectivity index (χ2v) is 6.56. The van der Waals surface area contributed by atoms with Crippen LogP contribution in [-0.2, 0) is 14.8 Å². The number of rotatable bonds is 4. The van der Waals surface area contributed by atoms with Crippen molar-refractivity contribution in [1.82, 2.24) is 4.72 Å². The Bertz CT molecular complexity index is 640. The summed E-state index contributed by atoms with van der Waals surface area (Å²) in [5, 5.41) is 2.65. The minimum absolute atomic E-state index is 0.103. The smallest absolute Gasteiger partial charge is 0.262 e. The van der Waals surface area contributed by atoms with Gasteiger partial charge in [-0.05, 0) is 31.9 Å². The summed E-state index contributed by atoms with van der Waals surface area (Å²) in [4.78, 5) is 11.4. The maximum atomic E-state index is 12.3. The summed E-state index contributed by atoms with van der Waals surface area (Å²) in [6.07, 6.45) is 0.704. The van der Waals surface area contributed by atoms with Crippen molar-refractivity contribution in [2.24, 2.45) is 0 Å². The van der Waals surface area contributed by atoms with E-state index in [-0.39, 0.29) is 23.5 Å². The summed E-state index contributed by atoms with van der Waals surface area (Å²) in [5.74, 6) is 0.130. The van der Waals surface area contributed by atoms with Crippen LogP contribution in [0.15, 0.2) is 17.0 Å². The van der Waals surface area contributed by atoms with Gasteiger partial charge in [0.25, 0.3) is 5.91 Å². The lowest BCUT2D eigenvalue weighted by atomic mass is 10.2. The lowest BCUT2D eigenvalue weighted by molar-refractivity contribution is -0.118. The van der Waals surface area contributed by atoms with Crippen molar-refractivity contribution in [1.29, 1.82) is 0 Å². The molecule has 2 N–H and O–H groups in total. The van der Waals surface area contributed by atoms with Crippen LogP contribution in [0.1, 0.15) is 25.8 Å². The molecule has 0 bridgehead atoms. The quantitative estimate of drug-likeness (QED) is 0.880. The van der Waals surface area contributed by atoms with E-state index in [1.165, 1.54) is 6.07 Å². The summed E-state index contributed by atoms with van der Waals surface area (Å²) in [6, 6.07) is 2.92. The van der Waals surface area contributed by atoms with Crippen LogP contribution in [0.2, 0.25) is 0 Å². The maximum absolute atomic E-state index is 12.3. The van der Waals surface area contributed by atoms with Crippen molar-refractivity contribution < 1.29 is 17.9 Å². The Kier molecular flexibility index (Phi) is 4.01. The fraction of sp³-hybridized carbons (Fsp3) is 0.462. The van der Waals surface area contributed by atoms with E-state index in [1.807, 2.05) is 13.8 Å². The highest BCUT2D eigenvalue weighted by atomic mass is 32.2. The van der Waals surface area contributed by atoms with Crippen LogP contribution in [0.5, 0.6) is 5.75 Å². The Morgan fingerprint density at radius 2 is 2.15 bits per heavy atom. The number of aryl methyl sites for hydroxylation is 1. The number of hydrogen-bond donors (Lipinski definition) is 2. The summed E-state index contributed by atoms with van der Waals surface area (Å²) in [6.45, 7) is 5.30. The molecule has 0 radical (unpaired) electrons. The fourth-order valence-corrected chi connectivity index (χ4v) is 3.49. The lowest BCUT2D eigenvalue weighted by Gasteiger charge is -2.21. The molecule has 0 saturated carbocycles. The summed E-state index contributed by atoms with van der Waals surface area (Å²) in [5.41, 5.74) is 1.06. The molecule has 7 heteroatoms. The van der Waals surface area contributed by atoms with E-state index >= 15 is 0 Å². The SMILES string of the molecule is CC[C@@H](C)NS(=O)(=O)c1cc2c(cc1C)NC(=O)CO2. The molecule has 0 aliphatic carbocycles. The predicted octanol–water partition coefficient (Wildman–Crippen LogP) is 1.40. The average Bonchev–Trinajstić information content (AvgIpc) is 2.36. The first-order chi connectivity index (χ1) is 9.33. The molecular weight excluding hydrogens is 280 g/mol. The number of anilines is 1. The van der Waals surface area contributed by atoms with E-state index in [1.54, 1.807) is 13.0 Å². The molecule has 20 heavy (non-hydrogen) atoms. The minimum atomic E-state index is -3.59. The predicted molar refractivity (Wildman–Crippen MR) is 75.4 cm³/mol. The zero-order valence-electron chi connectivity index (χ0n) is 11.7. The number of amides is 1. The number of fused-ring (bicyclic) bond motifs is 1. The lowest BCUT2D eigenvalue weighted by Crippen LogP contribution is -2.33. The Morgan fingerprint density at radius 3 is 2.80 bits per heavy atom. The van der Waals surface area contributed by atoms with E-state index < -0.39 is 10.0 Å². The summed E-state index contributed by atoms with van der Waals surface area (Å²) >= 11 is 0. The van der Waals surface area contributed by atoms with E-state index in [2.05, 4.69) is 10.0 Å². The van der Waals surface area contributed by atoms with Crippen molar-refractivity contribution in [2.45, 2.75) is 38.1 Å². The third kappa shape index (κ3) is 2.94. The molecule has 1 aromatic carbocycles. The van der Waals surface area contributed by atoms with Crippen molar-refractivity contribution in [3.8, 4) is 5.75 Å². The van der Waals surface area contributed by atoms with Crippen molar-refractivity contribution in [3.05, 3.63) is 17.7 Å². The zero-order valence-corrected chi connectivity index (χ0v) is 12.5. The highest BCUT2D eigenvalue weighted by molar-refractivity contribution is 7.89. The number of benzene rings is 1. The van der Waals surface area contributed by atoms with Crippen LogP contribution in [0.25, 0.3) is 0 Å². The van der Waals surface area contributed by atoms with Crippen LogP contribution in [0.3, 0.4) is 0 Å². The molecule has 0 spiro atoms. The van der Waals surface area contributed by atoms with Crippen LogP contribution in [0, 0.1) is 6.92 Å². The van der Waals surface area contributed by atoms with Crippen molar-refractivity contribution in [3.63, 3.8) is 0 Å². The number of carbonyl (C=O) groups is 1. The van der Waals surface area contributed by atoms with Gasteiger partial charge in [-0.2, -0.15) is 0 Å². The van der Waals surface area contributed by atoms with Gasteiger partial charge in [-0.25, -0.2) is 13.1 Å². The molecule has 110 valence electrons. The molecule has 0 saturated heterocycles. The third-order valence-corrected chi connectivity index (χ3v) is 4.90. The standard InChI is InChI=1S/C13H18N2O4S/c1-4-9(3)15-20(17,18)12-6-11-10(5-8(12)2)14-13(16)7-19-11/h5-6,9,15H,4,7H2,1-3H3,(H,14,16)/t9-/m1/s1. The first-order valence-corrected chi connectivity index (χ1v) is 7.91. The van der Waals surface area contributed by atoms with Crippen LogP contribution < -0.4 is 14.8 Å². The highest BCUT2D eigenvalue weighted by Crippen LogP contribution is 2.32. The normalized spacial score (nSPS) is 16.1. The van der Waals surface area contributed by atoms with Gasteiger partial charge in [0.15, 0.2) is 6.61 Å². The molecule has 6 nitrogen and oxygen atoms in total. The molecule has 1 aromatic rings. The third-order valence-electron chi connectivity index (χ3n) is 3.17. The molecular formula is C13H18N2O4S. The minimum Gasteiger partial charge on any atom is -0.482 e. The number of carbonyl (C=O) groups excluding carboxylic acids is 1. The summed E-state index contributed by atoms with van der Waals surface area (Å²) < 4.78 is 32.5. The maximum Gasteiger partial charge on any atom is 0.262 e. The van der Waals surface area contributed by atoms with Gasteiger partial charge in [0, 0.05) is 12.1 Å². The molecule has 2 rings (SSSR count). The van der Waals surface area contributed by atoms with E-state index in [9.17, 15) is 13.2 Å². The molecule has 0 unspecified atom stereocenters. The Balaban J connectivity index is 2.41. The van der Waals surface area contributed by atoms with Crippen LogP contribution >= 0.6 is 0 Å².